The lowest BCUT2D eigenvalue weighted by atomic mass is 10.2. The Morgan fingerprint density at radius 2 is 1.56 bits per heavy atom. The summed E-state index contributed by atoms with van der Waals surface area (Å²) >= 11 is 1.31. The van der Waals surface area contributed by atoms with E-state index in [4.69, 9.17) is 0 Å². The van der Waals surface area contributed by atoms with Gasteiger partial charge in [-0.1, -0.05) is 18.2 Å². The summed E-state index contributed by atoms with van der Waals surface area (Å²) in [4.78, 5) is 24.7. The molecule has 0 saturated heterocycles. The first-order chi connectivity index (χ1) is 15.3. The van der Waals surface area contributed by atoms with E-state index < -0.39 is 10.0 Å². The lowest BCUT2D eigenvalue weighted by Gasteiger charge is -2.19. The normalized spacial score (nSPS) is 10.9. The van der Waals surface area contributed by atoms with Crippen molar-refractivity contribution < 1.29 is 22.7 Å². The Morgan fingerprint density at radius 1 is 0.938 bits per heavy atom. The molecule has 0 unspecified atom stereocenters. The van der Waals surface area contributed by atoms with Crippen molar-refractivity contribution >= 4 is 45.0 Å². The maximum absolute atomic E-state index is 12.8. The molecule has 1 N–H and O–H groups in total. The fraction of sp³-hybridized carbons (Fsp3) is 0.130. The number of benzene rings is 3. The summed E-state index contributed by atoms with van der Waals surface area (Å²) in [7, 11) is -0.896. The highest BCUT2D eigenvalue weighted by molar-refractivity contribution is 8.00. The van der Waals surface area contributed by atoms with Crippen LogP contribution in [0.1, 0.15) is 10.4 Å². The summed E-state index contributed by atoms with van der Waals surface area (Å²) < 4.78 is 31.5. The van der Waals surface area contributed by atoms with Crippen LogP contribution >= 0.6 is 11.8 Å². The molecule has 3 aromatic rings. The lowest BCUT2D eigenvalue weighted by Crippen LogP contribution is -2.26. The number of carbonyl (C=O) groups excluding carboxylic acids is 2. The van der Waals surface area contributed by atoms with E-state index in [2.05, 4.69) is 10.1 Å². The zero-order valence-electron chi connectivity index (χ0n) is 17.5. The summed E-state index contributed by atoms with van der Waals surface area (Å²) in [5.41, 5.74) is 1.46. The Balaban J connectivity index is 1.65. The molecule has 0 aliphatic rings. The second-order valence-corrected chi connectivity index (χ2v) is 9.69. The zero-order valence-corrected chi connectivity index (χ0v) is 19.2. The molecule has 32 heavy (non-hydrogen) atoms. The number of esters is 1. The van der Waals surface area contributed by atoms with Crippen molar-refractivity contribution in [2.45, 2.75) is 9.79 Å². The number of para-hydroxylation sites is 1. The number of nitrogens with zero attached hydrogens (tertiary/aromatic N) is 1. The first kappa shape index (κ1) is 23.4. The van der Waals surface area contributed by atoms with Gasteiger partial charge in [-0.2, -0.15) is 0 Å². The number of methoxy groups -OCH3 is 1. The topological polar surface area (TPSA) is 92.8 Å². The number of rotatable bonds is 8. The molecule has 1 amide bonds. The smallest absolute Gasteiger partial charge is 0.315 e. The van der Waals surface area contributed by atoms with Gasteiger partial charge in [0.25, 0.3) is 15.9 Å². The molecule has 0 fully saturated rings. The standard InChI is InChI=1S/C23H22N2O5S2/c1-25(19-6-4-3-5-7-19)32(28,29)21-14-10-18(11-15-21)24-23(27)17-8-12-20(13-9-17)31-16-22(26)30-2/h3-15H,16H2,1-2H3,(H,24,27). The number of thioether (sulfide) groups is 1. The molecule has 0 spiro atoms. The highest BCUT2D eigenvalue weighted by Crippen LogP contribution is 2.23. The van der Waals surface area contributed by atoms with Gasteiger partial charge in [0, 0.05) is 23.2 Å². The van der Waals surface area contributed by atoms with Crippen LogP contribution in [0.2, 0.25) is 0 Å². The summed E-state index contributed by atoms with van der Waals surface area (Å²) in [6, 6.07) is 21.6. The first-order valence-corrected chi connectivity index (χ1v) is 12.0. The van der Waals surface area contributed by atoms with Crippen LogP contribution in [0.25, 0.3) is 0 Å². The van der Waals surface area contributed by atoms with Gasteiger partial charge in [0.15, 0.2) is 0 Å². The van der Waals surface area contributed by atoms with Crippen molar-refractivity contribution in [1.82, 2.24) is 0 Å². The molecule has 7 nitrogen and oxygen atoms in total. The molecule has 3 rings (SSSR count). The van der Waals surface area contributed by atoms with Gasteiger partial charge in [0.05, 0.1) is 23.4 Å². The predicted molar refractivity (Wildman–Crippen MR) is 126 cm³/mol. The van der Waals surface area contributed by atoms with Crippen molar-refractivity contribution in [2.24, 2.45) is 0 Å². The Hall–Kier alpha value is -3.30. The van der Waals surface area contributed by atoms with Crippen molar-refractivity contribution in [3.05, 3.63) is 84.4 Å². The third-order valence-electron chi connectivity index (χ3n) is 4.59. The third-order valence-corrected chi connectivity index (χ3v) is 7.38. The van der Waals surface area contributed by atoms with E-state index in [-0.39, 0.29) is 22.5 Å². The third kappa shape index (κ3) is 5.68. The average molecular weight is 471 g/mol. The number of nitrogens with one attached hydrogen (secondary N) is 1. The summed E-state index contributed by atoms with van der Waals surface area (Å²) in [6.45, 7) is 0. The quantitative estimate of drug-likeness (QED) is 0.395. The monoisotopic (exact) mass is 470 g/mol. The molecule has 0 saturated carbocycles. The molecule has 0 aliphatic carbocycles. The van der Waals surface area contributed by atoms with E-state index in [0.29, 0.717) is 16.9 Å². The lowest BCUT2D eigenvalue weighted by molar-refractivity contribution is -0.137. The maximum Gasteiger partial charge on any atom is 0.315 e. The van der Waals surface area contributed by atoms with Crippen LogP contribution in [0.15, 0.2) is 88.7 Å². The maximum atomic E-state index is 12.8. The van der Waals surface area contributed by atoms with Crippen molar-refractivity contribution in [3.8, 4) is 0 Å². The van der Waals surface area contributed by atoms with Crippen LogP contribution in [0.3, 0.4) is 0 Å². The van der Waals surface area contributed by atoms with Gasteiger partial charge in [0.2, 0.25) is 0 Å². The molecule has 166 valence electrons. The van der Waals surface area contributed by atoms with E-state index in [1.807, 2.05) is 6.07 Å². The van der Waals surface area contributed by atoms with E-state index in [0.717, 1.165) is 4.90 Å². The summed E-state index contributed by atoms with van der Waals surface area (Å²) in [5.74, 6) is -0.458. The van der Waals surface area contributed by atoms with Crippen molar-refractivity contribution in [2.75, 3.05) is 29.5 Å². The minimum Gasteiger partial charge on any atom is -0.468 e. The second kappa shape index (κ2) is 10.3. The van der Waals surface area contributed by atoms with Crippen LogP contribution in [0.4, 0.5) is 11.4 Å². The fourth-order valence-electron chi connectivity index (χ4n) is 2.75. The first-order valence-electron chi connectivity index (χ1n) is 9.56. The Kier molecular flexibility index (Phi) is 7.55. The Morgan fingerprint density at radius 3 is 2.16 bits per heavy atom. The van der Waals surface area contributed by atoms with Gasteiger partial charge in [0.1, 0.15) is 0 Å². The molecule has 0 atom stereocenters. The van der Waals surface area contributed by atoms with Gasteiger partial charge in [-0.3, -0.25) is 13.9 Å². The van der Waals surface area contributed by atoms with E-state index in [1.165, 1.54) is 42.4 Å². The molecular formula is C23H22N2O5S2. The highest BCUT2D eigenvalue weighted by atomic mass is 32.2. The Labute approximate surface area is 191 Å². The van der Waals surface area contributed by atoms with Gasteiger partial charge < -0.3 is 10.1 Å². The minimum absolute atomic E-state index is 0.119. The van der Waals surface area contributed by atoms with Gasteiger partial charge in [-0.15, -0.1) is 11.8 Å². The van der Waals surface area contributed by atoms with Crippen LogP contribution in [-0.2, 0) is 19.6 Å². The number of ether oxygens (including phenoxy) is 1. The largest absolute Gasteiger partial charge is 0.468 e. The molecule has 0 radical (unpaired) electrons. The number of sulfonamides is 1. The molecule has 9 heteroatoms. The number of amides is 1. The second-order valence-electron chi connectivity index (χ2n) is 6.68. The summed E-state index contributed by atoms with van der Waals surface area (Å²) in [6.07, 6.45) is 0. The zero-order chi connectivity index (χ0) is 23.1. The number of carbonyl (C=O) groups is 2. The Bertz CT molecular complexity index is 1180. The van der Waals surface area contributed by atoms with Gasteiger partial charge >= 0.3 is 5.97 Å². The predicted octanol–water partition coefficient (Wildman–Crippen LogP) is 4.03. The fourth-order valence-corrected chi connectivity index (χ4v) is 4.68. The molecule has 0 heterocycles. The van der Waals surface area contributed by atoms with E-state index in [1.54, 1.807) is 60.7 Å². The molecular weight excluding hydrogens is 448 g/mol. The average Bonchev–Trinajstić information content (AvgIpc) is 2.83. The molecule has 0 aliphatic heterocycles. The van der Waals surface area contributed by atoms with Gasteiger partial charge in [-0.25, -0.2) is 8.42 Å². The number of hydrogen-bond acceptors (Lipinski definition) is 6. The SMILES string of the molecule is COC(=O)CSc1ccc(C(=O)Nc2ccc(S(=O)(=O)N(C)c3ccccc3)cc2)cc1. The van der Waals surface area contributed by atoms with Gasteiger partial charge in [-0.05, 0) is 60.7 Å². The molecule has 0 aromatic heterocycles. The van der Waals surface area contributed by atoms with Crippen LogP contribution in [-0.4, -0.2) is 40.2 Å². The number of hydrogen-bond donors (Lipinski definition) is 1. The van der Waals surface area contributed by atoms with Crippen LogP contribution in [0, 0.1) is 0 Å². The molecule has 0 bridgehead atoms. The summed E-state index contributed by atoms with van der Waals surface area (Å²) in [5, 5.41) is 2.75. The van der Waals surface area contributed by atoms with E-state index in [9.17, 15) is 18.0 Å². The minimum atomic E-state index is -3.72. The van der Waals surface area contributed by atoms with Crippen molar-refractivity contribution in [3.63, 3.8) is 0 Å². The number of anilines is 2. The van der Waals surface area contributed by atoms with Crippen LogP contribution < -0.4 is 9.62 Å². The van der Waals surface area contributed by atoms with Crippen molar-refractivity contribution in [1.29, 1.82) is 0 Å². The van der Waals surface area contributed by atoms with Crippen LogP contribution in [0.5, 0.6) is 0 Å². The highest BCUT2D eigenvalue weighted by Gasteiger charge is 2.21. The van der Waals surface area contributed by atoms with E-state index >= 15 is 0 Å². The molecule has 3 aromatic carbocycles.